The van der Waals surface area contributed by atoms with Gasteiger partial charge in [0.05, 0.1) is 6.61 Å². The first-order valence-electron chi connectivity index (χ1n) is 4.15. The molecule has 4 heteroatoms. The van der Waals surface area contributed by atoms with E-state index in [1.54, 1.807) is 24.4 Å². The fourth-order valence-electron chi connectivity index (χ4n) is 0.898. The molecule has 0 aliphatic rings. The third kappa shape index (κ3) is 2.81. The third-order valence-electron chi connectivity index (χ3n) is 1.51. The second-order valence-corrected chi connectivity index (χ2v) is 3.39. The lowest BCUT2D eigenvalue weighted by Crippen LogP contribution is -1.98. The summed E-state index contributed by atoms with van der Waals surface area (Å²) in [4.78, 5) is 22.2. The average molecular weight is 210 g/mol. The van der Waals surface area contributed by atoms with Crippen molar-refractivity contribution in [3.8, 4) is 0 Å². The summed E-state index contributed by atoms with van der Waals surface area (Å²) in [7, 11) is 0. The fraction of sp³-hybridized carbons (Fsp3) is 0.200. The molecule has 0 unspecified atom stereocenters. The number of carbonyl (C=O) groups excluding carboxylic acids is 2. The molecule has 0 saturated heterocycles. The number of hydrogen-bond acceptors (Lipinski definition) is 4. The van der Waals surface area contributed by atoms with Crippen molar-refractivity contribution in [3.05, 3.63) is 28.0 Å². The molecule has 0 N–H and O–H groups in total. The summed E-state index contributed by atoms with van der Waals surface area (Å²) in [6.07, 6.45) is 3.68. The van der Waals surface area contributed by atoms with Crippen LogP contribution in [0.5, 0.6) is 0 Å². The molecule has 1 aromatic rings. The standard InChI is InChI=1S/C10H10O3S/c1-2-13-10(12)4-3-9-8(7-11)5-6-14-9/h3-7H,2H2,1H3/b4-3+. The highest BCUT2D eigenvalue weighted by atomic mass is 32.1. The van der Waals surface area contributed by atoms with Gasteiger partial charge < -0.3 is 4.74 Å². The van der Waals surface area contributed by atoms with E-state index in [2.05, 4.69) is 0 Å². The van der Waals surface area contributed by atoms with Crippen LogP contribution in [0.1, 0.15) is 22.2 Å². The molecule has 74 valence electrons. The molecule has 0 atom stereocenters. The van der Waals surface area contributed by atoms with Crippen LogP contribution < -0.4 is 0 Å². The van der Waals surface area contributed by atoms with Gasteiger partial charge in [-0.1, -0.05) is 0 Å². The van der Waals surface area contributed by atoms with E-state index in [9.17, 15) is 9.59 Å². The molecular weight excluding hydrogens is 200 g/mol. The van der Waals surface area contributed by atoms with Crippen molar-refractivity contribution in [2.75, 3.05) is 6.61 Å². The van der Waals surface area contributed by atoms with Gasteiger partial charge >= 0.3 is 5.97 Å². The zero-order valence-electron chi connectivity index (χ0n) is 7.73. The summed E-state index contributed by atoms with van der Waals surface area (Å²) in [6, 6.07) is 1.71. The van der Waals surface area contributed by atoms with Crippen molar-refractivity contribution in [2.45, 2.75) is 6.92 Å². The lowest BCUT2D eigenvalue weighted by Gasteiger charge is -1.93. The van der Waals surface area contributed by atoms with Crippen molar-refractivity contribution in [3.63, 3.8) is 0 Å². The number of rotatable bonds is 4. The van der Waals surface area contributed by atoms with Gasteiger partial charge in [0, 0.05) is 16.5 Å². The van der Waals surface area contributed by atoms with Gasteiger partial charge in [-0.15, -0.1) is 11.3 Å². The number of thiophene rings is 1. The predicted molar refractivity (Wildman–Crippen MR) is 55.4 cm³/mol. The first-order chi connectivity index (χ1) is 6.77. The minimum atomic E-state index is -0.391. The van der Waals surface area contributed by atoms with Gasteiger partial charge in [-0.05, 0) is 24.4 Å². The molecule has 1 rings (SSSR count). The van der Waals surface area contributed by atoms with Gasteiger partial charge in [-0.2, -0.15) is 0 Å². The Morgan fingerprint density at radius 1 is 1.64 bits per heavy atom. The van der Waals surface area contributed by atoms with Crippen molar-refractivity contribution in [1.29, 1.82) is 0 Å². The lowest BCUT2D eigenvalue weighted by molar-refractivity contribution is -0.137. The van der Waals surface area contributed by atoms with Crippen molar-refractivity contribution >= 4 is 29.7 Å². The average Bonchev–Trinajstić information content (AvgIpc) is 2.62. The topological polar surface area (TPSA) is 43.4 Å². The molecule has 0 radical (unpaired) electrons. The van der Waals surface area contributed by atoms with Crippen LogP contribution in [0.4, 0.5) is 0 Å². The second kappa shape index (κ2) is 5.34. The molecule has 0 aliphatic heterocycles. The molecular formula is C10H10O3S. The SMILES string of the molecule is CCOC(=O)/C=C/c1sccc1C=O. The normalized spacial score (nSPS) is 10.4. The maximum absolute atomic E-state index is 10.9. The van der Waals surface area contributed by atoms with E-state index in [0.29, 0.717) is 12.2 Å². The first-order valence-corrected chi connectivity index (χ1v) is 5.03. The van der Waals surface area contributed by atoms with E-state index >= 15 is 0 Å². The molecule has 0 aromatic carbocycles. The van der Waals surface area contributed by atoms with Crippen molar-refractivity contribution in [2.24, 2.45) is 0 Å². The van der Waals surface area contributed by atoms with Crippen LogP contribution in [0.15, 0.2) is 17.5 Å². The summed E-state index contributed by atoms with van der Waals surface area (Å²) < 4.78 is 4.70. The number of aldehydes is 1. The van der Waals surface area contributed by atoms with Gasteiger partial charge in [-0.3, -0.25) is 4.79 Å². The second-order valence-electron chi connectivity index (χ2n) is 2.44. The Morgan fingerprint density at radius 2 is 2.43 bits per heavy atom. The number of esters is 1. The summed E-state index contributed by atoms with van der Waals surface area (Å²) >= 11 is 1.41. The summed E-state index contributed by atoms with van der Waals surface area (Å²) in [5.74, 6) is -0.391. The van der Waals surface area contributed by atoms with Crippen LogP contribution in [0.25, 0.3) is 6.08 Å². The van der Waals surface area contributed by atoms with Gasteiger partial charge in [0.1, 0.15) is 0 Å². The van der Waals surface area contributed by atoms with Gasteiger partial charge in [0.15, 0.2) is 6.29 Å². The van der Waals surface area contributed by atoms with E-state index < -0.39 is 5.97 Å². The molecule has 0 aliphatic carbocycles. The van der Waals surface area contributed by atoms with Crippen molar-refractivity contribution in [1.82, 2.24) is 0 Å². The monoisotopic (exact) mass is 210 g/mol. The lowest BCUT2D eigenvalue weighted by atomic mass is 10.3. The molecule has 0 saturated carbocycles. The minimum absolute atomic E-state index is 0.355. The maximum atomic E-state index is 10.9. The Morgan fingerprint density at radius 3 is 3.07 bits per heavy atom. The van der Waals surface area contributed by atoms with Crippen LogP contribution in [-0.2, 0) is 9.53 Å². The Bertz CT molecular complexity index is 352. The Labute approximate surface area is 86.0 Å². The molecule has 0 amide bonds. The maximum Gasteiger partial charge on any atom is 0.330 e. The molecule has 0 spiro atoms. The summed E-state index contributed by atoms with van der Waals surface area (Å²) in [5.41, 5.74) is 0.593. The van der Waals surface area contributed by atoms with Crippen LogP contribution in [-0.4, -0.2) is 18.9 Å². The summed E-state index contributed by atoms with van der Waals surface area (Å²) in [5, 5.41) is 1.80. The smallest absolute Gasteiger partial charge is 0.330 e. The zero-order valence-corrected chi connectivity index (χ0v) is 8.54. The molecule has 0 bridgehead atoms. The third-order valence-corrected chi connectivity index (χ3v) is 2.41. The predicted octanol–water partition coefficient (Wildman–Crippen LogP) is 2.14. The quantitative estimate of drug-likeness (QED) is 0.434. The van der Waals surface area contributed by atoms with Gasteiger partial charge in [0.25, 0.3) is 0 Å². The van der Waals surface area contributed by atoms with E-state index in [1.165, 1.54) is 17.4 Å². The Hall–Kier alpha value is -1.42. The summed E-state index contributed by atoms with van der Waals surface area (Å²) in [6.45, 7) is 2.10. The molecule has 0 fully saturated rings. The Balaban J connectivity index is 2.68. The number of hydrogen-bond donors (Lipinski definition) is 0. The highest BCUT2D eigenvalue weighted by molar-refractivity contribution is 7.11. The zero-order chi connectivity index (χ0) is 10.4. The van der Waals surface area contributed by atoms with Crippen molar-refractivity contribution < 1.29 is 14.3 Å². The van der Waals surface area contributed by atoms with Crippen LogP contribution in [0.3, 0.4) is 0 Å². The van der Waals surface area contributed by atoms with Crippen LogP contribution in [0.2, 0.25) is 0 Å². The molecule has 1 aromatic heterocycles. The molecule has 1 heterocycles. The van der Waals surface area contributed by atoms with E-state index in [1.807, 2.05) is 0 Å². The highest BCUT2D eigenvalue weighted by Gasteiger charge is 2.00. The van der Waals surface area contributed by atoms with Crippen LogP contribution >= 0.6 is 11.3 Å². The largest absolute Gasteiger partial charge is 0.463 e. The van der Waals surface area contributed by atoms with Gasteiger partial charge in [0.2, 0.25) is 0 Å². The fourth-order valence-corrected chi connectivity index (χ4v) is 1.66. The van der Waals surface area contributed by atoms with E-state index in [4.69, 9.17) is 4.74 Å². The highest BCUT2D eigenvalue weighted by Crippen LogP contribution is 2.16. The molecule has 14 heavy (non-hydrogen) atoms. The number of carbonyl (C=O) groups is 2. The van der Waals surface area contributed by atoms with E-state index in [-0.39, 0.29) is 0 Å². The minimum Gasteiger partial charge on any atom is -0.463 e. The van der Waals surface area contributed by atoms with E-state index in [0.717, 1.165) is 11.2 Å². The first kappa shape index (κ1) is 10.7. The molecule has 3 nitrogen and oxygen atoms in total. The van der Waals surface area contributed by atoms with Gasteiger partial charge in [-0.25, -0.2) is 4.79 Å². The Kier molecular flexibility index (Phi) is 4.07. The van der Waals surface area contributed by atoms with Crippen LogP contribution in [0, 0.1) is 0 Å². The number of ether oxygens (including phenoxy) is 1.